The third-order valence-corrected chi connectivity index (χ3v) is 12.6. The second kappa shape index (κ2) is 15.9. The molecule has 11 rings (SSSR count). The number of aryl methyl sites for hydroxylation is 2. The van der Waals surface area contributed by atoms with Crippen molar-refractivity contribution in [3.8, 4) is 55.6 Å². The summed E-state index contributed by atoms with van der Waals surface area (Å²) in [5.41, 5.74) is 21.0. The highest BCUT2D eigenvalue weighted by atomic mass is 15.1. The lowest BCUT2D eigenvalue weighted by atomic mass is 9.81. The molecule has 9 aromatic carbocycles. The second-order valence-electron chi connectivity index (χ2n) is 16.3. The van der Waals surface area contributed by atoms with E-state index in [9.17, 15) is 0 Å². The lowest BCUT2D eigenvalue weighted by Gasteiger charge is -2.29. The monoisotopic (exact) mass is 779 g/mol. The van der Waals surface area contributed by atoms with Crippen LogP contribution in [-0.2, 0) is 12.8 Å². The minimum Gasteiger partial charge on any atom is -0.310 e. The van der Waals surface area contributed by atoms with Gasteiger partial charge in [0.25, 0.3) is 0 Å². The van der Waals surface area contributed by atoms with Crippen molar-refractivity contribution in [3.05, 3.63) is 241 Å². The van der Waals surface area contributed by atoms with Crippen molar-refractivity contribution in [2.75, 3.05) is 4.90 Å². The van der Waals surface area contributed by atoms with Crippen LogP contribution in [0.5, 0.6) is 0 Å². The number of hydrogen-bond acceptors (Lipinski definition) is 1. The van der Waals surface area contributed by atoms with Crippen LogP contribution in [0.1, 0.15) is 29.5 Å². The van der Waals surface area contributed by atoms with Gasteiger partial charge in [-0.25, -0.2) is 0 Å². The van der Waals surface area contributed by atoms with E-state index in [0.29, 0.717) is 0 Å². The zero-order valence-corrected chi connectivity index (χ0v) is 34.1. The Balaban J connectivity index is 1.16. The maximum absolute atomic E-state index is 2.46. The van der Waals surface area contributed by atoms with E-state index in [2.05, 4.69) is 229 Å². The molecule has 290 valence electrons. The molecular weight excluding hydrogens is 735 g/mol. The molecule has 0 saturated heterocycles. The summed E-state index contributed by atoms with van der Waals surface area (Å²) < 4.78 is 0. The Bertz CT molecular complexity index is 3050. The molecule has 0 aromatic heterocycles. The summed E-state index contributed by atoms with van der Waals surface area (Å²) in [6.45, 7) is 0. The van der Waals surface area contributed by atoms with Gasteiger partial charge in [0.05, 0.1) is 0 Å². The van der Waals surface area contributed by atoms with Gasteiger partial charge in [-0.1, -0.05) is 182 Å². The van der Waals surface area contributed by atoms with Crippen LogP contribution in [0.4, 0.5) is 17.1 Å². The lowest BCUT2D eigenvalue weighted by molar-refractivity contribution is 0.942. The average molecular weight is 780 g/mol. The normalized spacial score (nSPS) is 13.0. The minimum atomic E-state index is 1.06. The predicted octanol–water partition coefficient (Wildman–Crippen LogP) is 16.5. The largest absolute Gasteiger partial charge is 0.310 e. The molecule has 0 fully saturated rings. The van der Waals surface area contributed by atoms with Gasteiger partial charge in [-0.3, -0.25) is 0 Å². The van der Waals surface area contributed by atoms with Gasteiger partial charge in [-0.05, 0) is 157 Å². The molecule has 2 aliphatic carbocycles. The highest BCUT2D eigenvalue weighted by molar-refractivity contribution is 6.01. The molecule has 0 radical (unpaired) electrons. The van der Waals surface area contributed by atoms with E-state index in [1.165, 1.54) is 88.7 Å². The Morgan fingerprint density at radius 1 is 0.344 bits per heavy atom. The van der Waals surface area contributed by atoms with E-state index < -0.39 is 0 Å². The highest BCUT2D eigenvalue weighted by Gasteiger charge is 2.24. The van der Waals surface area contributed by atoms with Crippen molar-refractivity contribution in [2.45, 2.75) is 25.7 Å². The molecule has 0 amide bonds. The van der Waals surface area contributed by atoms with Crippen LogP contribution in [-0.4, -0.2) is 0 Å². The van der Waals surface area contributed by atoms with E-state index in [0.717, 1.165) is 42.7 Å². The zero-order chi connectivity index (χ0) is 40.5. The van der Waals surface area contributed by atoms with Crippen molar-refractivity contribution in [1.29, 1.82) is 0 Å². The molecule has 61 heavy (non-hydrogen) atoms. The standard InChI is InChI=1S/C60H45N/c1-4-16-42(17-5-1)43-34-36-51(37-35-43)61(52-26-14-25-49(38-52)56-29-15-24-44-22-10-12-27-54(44)56)53-40-58(45-18-6-2-7-19-45)60(59(41-53)46-20-8-3-9-21-46)50-33-32-48-31-30-47-23-11-13-28-55(47)57(48)39-50/h2-4,6-29,32-41H,1,5,30-31H2. The van der Waals surface area contributed by atoms with Gasteiger partial charge in [-0.2, -0.15) is 0 Å². The van der Waals surface area contributed by atoms with Crippen LogP contribution in [0.15, 0.2) is 224 Å². The third kappa shape index (κ3) is 6.99. The number of benzene rings is 9. The molecule has 0 saturated carbocycles. The van der Waals surface area contributed by atoms with Crippen molar-refractivity contribution in [2.24, 2.45) is 0 Å². The summed E-state index contributed by atoms with van der Waals surface area (Å²) in [5.74, 6) is 0. The Hall–Kier alpha value is -7.48. The maximum Gasteiger partial charge on any atom is 0.0474 e. The fourth-order valence-electron chi connectivity index (χ4n) is 9.60. The van der Waals surface area contributed by atoms with Crippen molar-refractivity contribution >= 4 is 33.4 Å². The Morgan fingerprint density at radius 2 is 0.967 bits per heavy atom. The van der Waals surface area contributed by atoms with Crippen molar-refractivity contribution < 1.29 is 0 Å². The quantitative estimate of drug-likeness (QED) is 0.148. The van der Waals surface area contributed by atoms with E-state index in [1.54, 1.807) is 0 Å². The van der Waals surface area contributed by atoms with Crippen LogP contribution < -0.4 is 4.90 Å². The maximum atomic E-state index is 2.46. The molecule has 0 heterocycles. The topological polar surface area (TPSA) is 3.24 Å². The van der Waals surface area contributed by atoms with E-state index in [-0.39, 0.29) is 0 Å². The highest BCUT2D eigenvalue weighted by Crippen LogP contribution is 2.48. The van der Waals surface area contributed by atoms with Crippen molar-refractivity contribution in [1.82, 2.24) is 0 Å². The number of rotatable bonds is 8. The fraction of sp³-hybridized carbons (Fsp3) is 0.0667. The molecule has 9 aromatic rings. The Kier molecular flexibility index (Phi) is 9.56. The van der Waals surface area contributed by atoms with E-state index >= 15 is 0 Å². The van der Waals surface area contributed by atoms with E-state index in [1.807, 2.05) is 0 Å². The summed E-state index contributed by atoms with van der Waals surface area (Å²) in [7, 11) is 0. The molecule has 1 nitrogen and oxygen atoms in total. The molecular formula is C60H45N. The SMILES string of the molecule is C1=CC(c2ccc(N(c3cccc(-c4cccc5ccccc45)c3)c3cc(-c4ccccc4)c(-c4ccc5c(c4)-c4ccccc4CC5)c(-c4ccccc4)c3)cc2)=CCC1. The Labute approximate surface area is 359 Å². The lowest BCUT2D eigenvalue weighted by Crippen LogP contribution is -2.11. The zero-order valence-electron chi connectivity index (χ0n) is 34.1. The van der Waals surface area contributed by atoms with Gasteiger partial charge in [0.1, 0.15) is 0 Å². The number of nitrogens with zero attached hydrogens (tertiary/aromatic N) is 1. The molecule has 0 N–H and O–H groups in total. The minimum absolute atomic E-state index is 1.06. The molecule has 0 spiro atoms. The number of hydrogen-bond donors (Lipinski definition) is 0. The van der Waals surface area contributed by atoms with Crippen LogP contribution in [0.3, 0.4) is 0 Å². The fourth-order valence-corrected chi connectivity index (χ4v) is 9.60. The summed E-state index contributed by atoms with van der Waals surface area (Å²) in [5, 5.41) is 2.49. The first-order valence-corrected chi connectivity index (χ1v) is 21.6. The van der Waals surface area contributed by atoms with Crippen LogP contribution >= 0.6 is 0 Å². The molecule has 1 heteroatoms. The van der Waals surface area contributed by atoms with Crippen LogP contribution in [0.25, 0.3) is 72.0 Å². The number of allylic oxidation sites excluding steroid dienone is 4. The Morgan fingerprint density at radius 3 is 1.72 bits per heavy atom. The number of anilines is 3. The van der Waals surface area contributed by atoms with Gasteiger partial charge < -0.3 is 4.90 Å². The first-order valence-electron chi connectivity index (χ1n) is 21.6. The molecule has 0 unspecified atom stereocenters. The van der Waals surface area contributed by atoms with E-state index in [4.69, 9.17) is 0 Å². The first-order chi connectivity index (χ1) is 30.2. The van der Waals surface area contributed by atoms with Gasteiger partial charge in [0.2, 0.25) is 0 Å². The van der Waals surface area contributed by atoms with Crippen molar-refractivity contribution in [3.63, 3.8) is 0 Å². The van der Waals surface area contributed by atoms with Gasteiger partial charge in [-0.15, -0.1) is 0 Å². The predicted molar refractivity (Wildman–Crippen MR) is 260 cm³/mol. The van der Waals surface area contributed by atoms with Gasteiger partial charge in [0, 0.05) is 17.1 Å². The summed E-state index contributed by atoms with van der Waals surface area (Å²) in [6.07, 6.45) is 11.2. The molecule has 0 aliphatic heterocycles. The van der Waals surface area contributed by atoms with Crippen LogP contribution in [0, 0.1) is 0 Å². The summed E-state index contributed by atoms with van der Waals surface area (Å²) in [4.78, 5) is 2.45. The summed E-state index contributed by atoms with van der Waals surface area (Å²) in [6, 6.07) is 76.5. The molecule has 0 atom stereocenters. The smallest absolute Gasteiger partial charge is 0.0474 e. The number of fused-ring (bicyclic) bond motifs is 4. The molecule has 2 aliphatic rings. The average Bonchev–Trinajstić information content (AvgIpc) is 3.34. The van der Waals surface area contributed by atoms with Gasteiger partial charge >= 0.3 is 0 Å². The molecule has 0 bridgehead atoms. The first kappa shape index (κ1) is 36.6. The second-order valence-corrected chi connectivity index (χ2v) is 16.3. The summed E-state index contributed by atoms with van der Waals surface area (Å²) >= 11 is 0. The van der Waals surface area contributed by atoms with Crippen LogP contribution in [0.2, 0.25) is 0 Å². The third-order valence-electron chi connectivity index (χ3n) is 12.6. The van der Waals surface area contributed by atoms with Gasteiger partial charge in [0.15, 0.2) is 0 Å².